The first-order chi connectivity index (χ1) is 15.5. The molecule has 2 heterocycles. The fourth-order valence-corrected chi connectivity index (χ4v) is 4.72. The summed E-state index contributed by atoms with van der Waals surface area (Å²) in [6.45, 7) is 3.88. The van der Waals surface area contributed by atoms with Gasteiger partial charge in [0, 0.05) is 24.7 Å². The Morgan fingerprint density at radius 2 is 2.03 bits per heavy atom. The number of phenolic OH excluding ortho intramolecular Hbond substituents is 2. The van der Waals surface area contributed by atoms with Crippen molar-refractivity contribution in [2.75, 3.05) is 25.1 Å². The Kier molecular flexibility index (Phi) is 5.17. The van der Waals surface area contributed by atoms with Crippen LogP contribution in [0.5, 0.6) is 17.2 Å². The average molecular weight is 451 g/mol. The molecule has 0 spiro atoms. The lowest BCUT2D eigenvalue weighted by molar-refractivity contribution is 0.414. The van der Waals surface area contributed by atoms with E-state index < -0.39 is 0 Å². The lowest BCUT2D eigenvalue weighted by atomic mass is 10.0. The molecule has 1 aromatic heterocycles. The molecule has 0 atom stereocenters. The minimum Gasteiger partial charge on any atom is -0.508 e. The van der Waals surface area contributed by atoms with Crippen LogP contribution in [0.15, 0.2) is 30.3 Å². The SMILES string of the molecule is CCCN1CC=Cc2c(-n3c(-c4cc(C5CC5)c(O)cc4O)n[nH]c3=S)ccc(OC)c21. The van der Waals surface area contributed by atoms with Crippen molar-refractivity contribution in [3.05, 3.63) is 46.2 Å². The van der Waals surface area contributed by atoms with Gasteiger partial charge in [-0.3, -0.25) is 9.67 Å². The number of hydrogen-bond acceptors (Lipinski definition) is 6. The number of phenols is 2. The molecule has 8 heteroatoms. The molecule has 0 amide bonds. The van der Waals surface area contributed by atoms with Crippen LogP contribution in [0.2, 0.25) is 0 Å². The van der Waals surface area contributed by atoms with E-state index in [0.717, 1.165) is 60.6 Å². The van der Waals surface area contributed by atoms with Gasteiger partial charge in [-0.15, -0.1) is 0 Å². The molecule has 3 N–H and O–H groups in total. The predicted octanol–water partition coefficient (Wildman–Crippen LogP) is 5.14. The number of hydrogen-bond donors (Lipinski definition) is 3. The van der Waals surface area contributed by atoms with Crippen molar-refractivity contribution < 1.29 is 14.9 Å². The third-order valence-corrected chi connectivity index (χ3v) is 6.39. The number of rotatable bonds is 6. The van der Waals surface area contributed by atoms with Crippen LogP contribution in [-0.2, 0) is 0 Å². The minimum absolute atomic E-state index is 0.0346. The Hall–Kier alpha value is -3.26. The van der Waals surface area contributed by atoms with E-state index in [0.29, 0.717) is 22.1 Å². The van der Waals surface area contributed by atoms with E-state index in [1.807, 2.05) is 22.8 Å². The Morgan fingerprint density at radius 3 is 2.75 bits per heavy atom. The van der Waals surface area contributed by atoms with Crippen molar-refractivity contribution in [1.29, 1.82) is 0 Å². The highest BCUT2D eigenvalue weighted by molar-refractivity contribution is 7.71. The van der Waals surface area contributed by atoms with Crippen LogP contribution in [0.3, 0.4) is 0 Å². The fraction of sp³-hybridized carbons (Fsp3) is 0.333. The van der Waals surface area contributed by atoms with E-state index in [9.17, 15) is 10.2 Å². The van der Waals surface area contributed by atoms with Gasteiger partial charge >= 0.3 is 0 Å². The predicted molar refractivity (Wildman–Crippen MR) is 128 cm³/mol. The topological polar surface area (TPSA) is 86.5 Å². The van der Waals surface area contributed by atoms with Gasteiger partial charge in [0.15, 0.2) is 10.6 Å². The van der Waals surface area contributed by atoms with Gasteiger partial charge in [0.05, 0.1) is 24.0 Å². The molecule has 2 aromatic carbocycles. The monoisotopic (exact) mass is 450 g/mol. The molecule has 2 aliphatic rings. The fourth-order valence-electron chi connectivity index (χ4n) is 4.49. The molecule has 0 bridgehead atoms. The number of aromatic nitrogens is 3. The van der Waals surface area contributed by atoms with Crippen molar-refractivity contribution in [2.24, 2.45) is 0 Å². The van der Waals surface area contributed by atoms with E-state index in [-0.39, 0.29) is 11.5 Å². The van der Waals surface area contributed by atoms with Crippen LogP contribution in [0, 0.1) is 4.77 Å². The number of benzene rings is 2. The van der Waals surface area contributed by atoms with Gasteiger partial charge in [-0.2, -0.15) is 5.10 Å². The smallest absolute Gasteiger partial charge is 0.200 e. The van der Waals surface area contributed by atoms with Crippen LogP contribution in [0.25, 0.3) is 23.2 Å². The summed E-state index contributed by atoms with van der Waals surface area (Å²) in [5, 5.41) is 28.3. The summed E-state index contributed by atoms with van der Waals surface area (Å²) in [5.74, 6) is 1.72. The Labute approximate surface area is 191 Å². The summed E-state index contributed by atoms with van der Waals surface area (Å²) in [4.78, 5) is 2.30. The van der Waals surface area contributed by atoms with Gasteiger partial charge in [-0.25, -0.2) is 0 Å². The number of aromatic amines is 1. The van der Waals surface area contributed by atoms with Crippen LogP contribution < -0.4 is 9.64 Å². The van der Waals surface area contributed by atoms with Gasteiger partial charge in [-0.05, 0) is 61.2 Å². The second kappa shape index (κ2) is 8.02. The molecule has 0 unspecified atom stereocenters. The third kappa shape index (κ3) is 3.35. The number of fused-ring (bicyclic) bond motifs is 1. The number of nitrogens with one attached hydrogen (secondary N) is 1. The first-order valence-corrected chi connectivity index (χ1v) is 11.3. The van der Waals surface area contributed by atoms with Crippen LogP contribution in [-0.4, -0.2) is 45.2 Å². The van der Waals surface area contributed by atoms with E-state index in [4.69, 9.17) is 17.0 Å². The van der Waals surface area contributed by atoms with Crippen LogP contribution >= 0.6 is 12.2 Å². The normalized spacial score (nSPS) is 15.1. The van der Waals surface area contributed by atoms with E-state index in [2.05, 4.69) is 34.2 Å². The summed E-state index contributed by atoms with van der Waals surface area (Å²) in [6, 6.07) is 7.14. The second-order valence-corrected chi connectivity index (χ2v) is 8.67. The van der Waals surface area contributed by atoms with Gasteiger partial charge in [0.1, 0.15) is 17.2 Å². The van der Waals surface area contributed by atoms with Crippen LogP contribution in [0.4, 0.5) is 5.69 Å². The molecule has 1 aliphatic carbocycles. The molecule has 32 heavy (non-hydrogen) atoms. The molecule has 0 saturated heterocycles. The molecule has 1 saturated carbocycles. The highest BCUT2D eigenvalue weighted by Crippen LogP contribution is 2.48. The van der Waals surface area contributed by atoms with Crippen molar-refractivity contribution in [2.45, 2.75) is 32.1 Å². The molecule has 5 rings (SSSR count). The van der Waals surface area contributed by atoms with Crippen LogP contribution in [0.1, 0.15) is 43.2 Å². The van der Waals surface area contributed by atoms with Gasteiger partial charge in [0.2, 0.25) is 0 Å². The molecule has 0 radical (unpaired) electrons. The molecule has 1 fully saturated rings. The van der Waals surface area contributed by atoms with Crippen molar-refractivity contribution >= 4 is 24.0 Å². The molecule has 7 nitrogen and oxygen atoms in total. The molecular weight excluding hydrogens is 424 g/mol. The van der Waals surface area contributed by atoms with Crippen molar-refractivity contribution in [3.63, 3.8) is 0 Å². The molecule has 3 aromatic rings. The lowest BCUT2D eigenvalue weighted by Crippen LogP contribution is -2.27. The zero-order valence-electron chi connectivity index (χ0n) is 18.1. The number of H-pyrrole nitrogens is 1. The first kappa shape index (κ1) is 20.6. The number of nitrogens with zero attached hydrogens (tertiary/aromatic N) is 3. The molecule has 1 aliphatic heterocycles. The number of anilines is 1. The third-order valence-electron chi connectivity index (χ3n) is 6.11. The van der Waals surface area contributed by atoms with Gasteiger partial charge < -0.3 is 19.8 Å². The Bertz CT molecular complexity index is 1270. The Balaban J connectivity index is 1.72. The van der Waals surface area contributed by atoms with Crippen molar-refractivity contribution in [1.82, 2.24) is 14.8 Å². The van der Waals surface area contributed by atoms with E-state index in [1.165, 1.54) is 6.07 Å². The number of methoxy groups -OCH3 is 1. The zero-order chi connectivity index (χ0) is 22.4. The maximum absolute atomic E-state index is 10.7. The standard InChI is InChI=1S/C24H26N4O3S/c1-3-10-27-11-4-5-15-18(8-9-21(31-2)22(15)27)28-23(25-26-24(28)32)17-12-16(14-6-7-14)19(29)13-20(17)30/h4-5,8-9,12-14,29-30H,3,6-7,10-11H2,1-2H3,(H,26,32). The lowest BCUT2D eigenvalue weighted by Gasteiger charge is -2.31. The van der Waals surface area contributed by atoms with Crippen molar-refractivity contribution in [3.8, 4) is 34.3 Å². The second-order valence-electron chi connectivity index (χ2n) is 8.29. The summed E-state index contributed by atoms with van der Waals surface area (Å²) < 4.78 is 7.95. The van der Waals surface area contributed by atoms with Gasteiger partial charge in [-0.1, -0.05) is 19.1 Å². The largest absolute Gasteiger partial charge is 0.508 e. The first-order valence-electron chi connectivity index (χ1n) is 10.9. The summed E-state index contributed by atoms with van der Waals surface area (Å²) >= 11 is 5.61. The molecule has 166 valence electrons. The summed E-state index contributed by atoms with van der Waals surface area (Å²) in [5.41, 5.74) is 4.24. The number of ether oxygens (including phenoxy) is 1. The highest BCUT2D eigenvalue weighted by Gasteiger charge is 2.29. The Morgan fingerprint density at radius 1 is 1.22 bits per heavy atom. The molecular formula is C24H26N4O3S. The average Bonchev–Trinajstić information content (AvgIpc) is 3.56. The summed E-state index contributed by atoms with van der Waals surface area (Å²) in [7, 11) is 1.68. The van der Waals surface area contributed by atoms with E-state index in [1.54, 1.807) is 7.11 Å². The van der Waals surface area contributed by atoms with Gasteiger partial charge in [0.25, 0.3) is 0 Å². The maximum atomic E-state index is 10.7. The maximum Gasteiger partial charge on any atom is 0.200 e. The number of aromatic hydroxyl groups is 2. The van der Waals surface area contributed by atoms with E-state index >= 15 is 0 Å². The summed E-state index contributed by atoms with van der Waals surface area (Å²) in [6.07, 6.45) is 7.31. The zero-order valence-corrected chi connectivity index (χ0v) is 18.9. The highest BCUT2D eigenvalue weighted by atomic mass is 32.1. The quantitative estimate of drug-likeness (QED) is 0.451. The minimum atomic E-state index is -0.0346.